The van der Waals surface area contributed by atoms with Gasteiger partial charge in [0, 0.05) is 17.9 Å². The molecule has 2 rings (SSSR count). The van der Waals surface area contributed by atoms with E-state index in [-0.39, 0.29) is 22.0 Å². The number of amides is 1. The molecule has 1 amide bonds. The fraction of sp³-hybridized carbons (Fsp3) is 0.462. The van der Waals surface area contributed by atoms with Gasteiger partial charge in [0.2, 0.25) is 0 Å². The molecular weight excluding hydrogens is 320 g/mol. The molecule has 104 valence electrons. The predicted molar refractivity (Wildman–Crippen MR) is 70.9 cm³/mol. The van der Waals surface area contributed by atoms with Crippen LogP contribution < -0.4 is 4.74 Å². The molecule has 0 N–H and O–H groups in total. The zero-order valence-corrected chi connectivity index (χ0v) is 11.8. The number of piperidine rings is 1. The normalized spacial score (nSPS) is 19.6. The Hall–Kier alpha value is -1.17. The number of hydrogen-bond donors (Lipinski definition) is 0. The number of halogens is 3. The van der Waals surface area contributed by atoms with Crippen molar-refractivity contribution >= 4 is 21.8 Å². The summed E-state index contributed by atoms with van der Waals surface area (Å²) in [4.78, 5) is 14.2. The molecule has 1 unspecified atom stereocenters. The van der Waals surface area contributed by atoms with Gasteiger partial charge in [-0.05, 0) is 25.0 Å². The fourth-order valence-electron chi connectivity index (χ4n) is 2.12. The number of para-hydroxylation sites is 1. The van der Waals surface area contributed by atoms with Crippen LogP contribution in [0.4, 0.5) is 8.78 Å². The molecule has 1 saturated heterocycles. The Morgan fingerprint density at radius 3 is 2.84 bits per heavy atom. The lowest BCUT2D eigenvalue weighted by molar-refractivity contribution is -0.0502. The molecule has 3 nitrogen and oxygen atoms in total. The van der Waals surface area contributed by atoms with Crippen LogP contribution >= 0.6 is 15.9 Å². The Morgan fingerprint density at radius 2 is 2.16 bits per heavy atom. The molecule has 19 heavy (non-hydrogen) atoms. The molecule has 0 bridgehead atoms. The number of rotatable bonds is 3. The highest BCUT2D eigenvalue weighted by Gasteiger charge is 2.25. The van der Waals surface area contributed by atoms with E-state index in [2.05, 4.69) is 20.7 Å². The van der Waals surface area contributed by atoms with Gasteiger partial charge < -0.3 is 9.64 Å². The number of nitrogens with zero attached hydrogens (tertiary/aromatic N) is 1. The molecule has 1 atom stereocenters. The number of alkyl halides is 3. The van der Waals surface area contributed by atoms with Crippen LogP contribution in [0.1, 0.15) is 23.2 Å². The smallest absolute Gasteiger partial charge is 0.387 e. The highest BCUT2D eigenvalue weighted by Crippen LogP contribution is 2.24. The maximum absolute atomic E-state index is 12.3. The van der Waals surface area contributed by atoms with Crippen molar-refractivity contribution in [2.24, 2.45) is 0 Å². The molecule has 1 aromatic rings. The topological polar surface area (TPSA) is 29.5 Å². The molecule has 1 aromatic carbocycles. The first-order chi connectivity index (χ1) is 9.08. The SMILES string of the molecule is O=C(c1ccccc1OC(F)F)N1CCCC(Br)C1. The third kappa shape index (κ3) is 3.65. The van der Waals surface area contributed by atoms with Gasteiger partial charge in [-0.2, -0.15) is 8.78 Å². The molecule has 1 fully saturated rings. The van der Waals surface area contributed by atoms with E-state index >= 15 is 0 Å². The summed E-state index contributed by atoms with van der Waals surface area (Å²) in [6.07, 6.45) is 1.92. The zero-order chi connectivity index (χ0) is 13.8. The largest absolute Gasteiger partial charge is 0.434 e. The summed E-state index contributed by atoms with van der Waals surface area (Å²) in [5.41, 5.74) is 0.185. The summed E-state index contributed by atoms with van der Waals surface area (Å²) < 4.78 is 29.0. The number of carbonyl (C=O) groups is 1. The van der Waals surface area contributed by atoms with Crippen molar-refractivity contribution in [2.75, 3.05) is 13.1 Å². The van der Waals surface area contributed by atoms with Gasteiger partial charge in [0.1, 0.15) is 5.75 Å². The number of likely N-dealkylation sites (tertiary alicyclic amines) is 1. The van der Waals surface area contributed by atoms with Crippen molar-refractivity contribution in [3.05, 3.63) is 29.8 Å². The van der Waals surface area contributed by atoms with E-state index in [4.69, 9.17) is 0 Å². The molecule has 0 radical (unpaired) electrons. The second-order valence-electron chi connectivity index (χ2n) is 4.37. The summed E-state index contributed by atoms with van der Waals surface area (Å²) >= 11 is 3.48. The molecule has 1 aliphatic rings. The Bertz CT molecular complexity index is 456. The van der Waals surface area contributed by atoms with Gasteiger partial charge in [0.25, 0.3) is 5.91 Å². The third-order valence-electron chi connectivity index (χ3n) is 2.98. The van der Waals surface area contributed by atoms with Gasteiger partial charge in [-0.3, -0.25) is 4.79 Å². The summed E-state index contributed by atoms with van der Waals surface area (Å²) in [6, 6.07) is 6.10. The van der Waals surface area contributed by atoms with E-state index in [0.29, 0.717) is 13.1 Å². The molecule has 1 heterocycles. The van der Waals surface area contributed by atoms with Crippen molar-refractivity contribution in [2.45, 2.75) is 24.3 Å². The van der Waals surface area contributed by atoms with E-state index in [1.807, 2.05) is 0 Å². The predicted octanol–water partition coefficient (Wildman–Crippen LogP) is 3.29. The summed E-state index contributed by atoms with van der Waals surface area (Å²) in [6.45, 7) is -1.70. The number of ether oxygens (including phenoxy) is 1. The second kappa shape index (κ2) is 6.32. The summed E-state index contributed by atoms with van der Waals surface area (Å²) in [5, 5.41) is 0. The lowest BCUT2D eigenvalue weighted by Crippen LogP contribution is -2.40. The van der Waals surface area contributed by atoms with Crippen molar-refractivity contribution in [3.8, 4) is 5.75 Å². The molecule has 0 spiro atoms. The van der Waals surface area contributed by atoms with Crippen LogP contribution in [0.15, 0.2) is 24.3 Å². The van der Waals surface area contributed by atoms with Crippen molar-refractivity contribution in [1.29, 1.82) is 0 Å². The number of benzene rings is 1. The standard InChI is InChI=1S/C13H14BrF2NO2/c14-9-4-3-7-17(8-9)12(18)10-5-1-2-6-11(10)19-13(15)16/h1-2,5-6,9,13H,3-4,7-8H2. The number of hydrogen-bond acceptors (Lipinski definition) is 2. The monoisotopic (exact) mass is 333 g/mol. The minimum atomic E-state index is -2.93. The second-order valence-corrected chi connectivity index (χ2v) is 5.66. The Kier molecular flexibility index (Phi) is 4.74. The minimum absolute atomic E-state index is 0.0702. The van der Waals surface area contributed by atoms with Gasteiger partial charge in [-0.15, -0.1) is 0 Å². The minimum Gasteiger partial charge on any atom is -0.434 e. The van der Waals surface area contributed by atoms with Crippen LogP contribution in [0.5, 0.6) is 5.75 Å². The van der Waals surface area contributed by atoms with Crippen molar-refractivity contribution in [3.63, 3.8) is 0 Å². The average molecular weight is 334 g/mol. The Balaban J connectivity index is 2.18. The Morgan fingerprint density at radius 1 is 1.42 bits per heavy atom. The average Bonchev–Trinajstić information content (AvgIpc) is 2.38. The van der Waals surface area contributed by atoms with Crippen LogP contribution in [-0.4, -0.2) is 35.3 Å². The molecular formula is C13H14BrF2NO2. The molecule has 6 heteroatoms. The van der Waals surface area contributed by atoms with E-state index < -0.39 is 6.61 Å². The van der Waals surface area contributed by atoms with Crippen LogP contribution in [0.25, 0.3) is 0 Å². The first kappa shape index (κ1) is 14.2. The van der Waals surface area contributed by atoms with E-state index in [9.17, 15) is 13.6 Å². The first-order valence-electron chi connectivity index (χ1n) is 6.05. The van der Waals surface area contributed by atoms with Gasteiger partial charge in [0.15, 0.2) is 0 Å². The quantitative estimate of drug-likeness (QED) is 0.794. The molecule has 0 aliphatic carbocycles. The van der Waals surface area contributed by atoms with Crippen LogP contribution in [-0.2, 0) is 0 Å². The third-order valence-corrected chi connectivity index (χ3v) is 3.73. The van der Waals surface area contributed by atoms with Gasteiger partial charge in [0.05, 0.1) is 5.56 Å². The van der Waals surface area contributed by atoms with E-state index in [1.54, 1.807) is 17.0 Å². The first-order valence-corrected chi connectivity index (χ1v) is 6.96. The van der Waals surface area contributed by atoms with Crippen molar-refractivity contribution < 1.29 is 18.3 Å². The fourth-order valence-corrected chi connectivity index (χ4v) is 2.80. The Labute approximate surface area is 118 Å². The van der Waals surface area contributed by atoms with Gasteiger partial charge >= 0.3 is 6.61 Å². The maximum Gasteiger partial charge on any atom is 0.387 e. The lowest BCUT2D eigenvalue weighted by atomic mass is 10.1. The van der Waals surface area contributed by atoms with Gasteiger partial charge in [-0.1, -0.05) is 28.1 Å². The van der Waals surface area contributed by atoms with Gasteiger partial charge in [-0.25, -0.2) is 0 Å². The molecule has 1 aliphatic heterocycles. The van der Waals surface area contributed by atoms with E-state index in [0.717, 1.165) is 12.8 Å². The zero-order valence-electron chi connectivity index (χ0n) is 10.2. The molecule has 0 aromatic heterocycles. The number of carbonyl (C=O) groups excluding carboxylic acids is 1. The van der Waals surface area contributed by atoms with Crippen LogP contribution in [0, 0.1) is 0 Å². The van der Waals surface area contributed by atoms with Crippen LogP contribution in [0.3, 0.4) is 0 Å². The maximum atomic E-state index is 12.3. The highest BCUT2D eigenvalue weighted by atomic mass is 79.9. The van der Waals surface area contributed by atoms with Crippen molar-refractivity contribution in [1.82, 2.24) is 4.90 Å². The highest BCUT2D eigenvalue weighted by molar-refractivity contribution is 9.09. The molecule has 0 saturated carbocycles. The van der Waals surface area contributed by atoms with E-state index in [1.165, 1.54) is 12.1 Å². The summed E-state index contributed by atoms with van der Waals surface area (Å²) in [7, 11) is 0. The van der Waals surface area contributed by atoms with Crippen LogP contribution in [0.2, 0.25) is 0 Å². The lowest BCUT2D eigenvalue weighted by Gasteiger charge is -2.30. The summed E-state index contributed by atoms with van der Waals surface area (Å²) in [5.74, 6) is -0.334.